The quantitative estimate of drug-likeness (QED) is 0.847. The average Bonchev–Trinajstić information content (AvgIpc) is 2.93. The zero-order valence-electron chi connectivity index (χ0n) is 15.2. The van der Waals surface area contributed by atoms with Crippen molar-refractivity contribution in [1.82, 2.24) is 9.80 Å². The molecule has 0 aliphatic carbocycles. The molecule has 0 saturated carbocycles. The Labute approximate surface area is 149 Å². The second kappa shape index (κ2) is 7.89. The Balaban J connectivity index is 1.86. The maximum absolute atomic E-state index is 13.2. The van der Waals surface area contributed by atoms with Crippen molar-refractivity contribution in [2.45, 2.75) is 44.6 Å². The summed E-state index contributed by atoms with van der Waals surface area (Å²) in [5, 5.41) is 0. The van der Waals surface area contributed by atoms with Gasteiger partial charge in [-0.2, -0.15) is 0 Å². The van der Waals surface area contributed by atoms with Crippen molar-refractivity contribution in [1.29, 1.82) is 0 Å². The molecule has 1 aromatic carbocycles. The van der Waals surface area contributed by atoms with E-state index in [1.807, 2.05) is 36.2 Å². The van der Waals surface area contributed by atoms with Gasteiger partial charge in [0.2, 0.25) is 11.8 Å². The van der Waals surface area contributed by atoms with Gasteiger partial charge in [0.25, 0.3) is 0 Å². The highest BCUT2D eigenvalue weighted by Crippen LogP contribution is 2.37. The lowest BCUT2D eigenvalue weighted by atomic mass is 9.83. The Bertz CT molecular complexity index is 606. The summed E-state index contributed by atoms with van der Waals surface area (Å²) in [6.45, 7) is 1.70. The van der Waals surface area contributed by atoms with E-state index in [0.717, 1.165) is 37.2 Å². The first kappa shape index (κ1) is 17.8. The van der Waals surface area contributed by atoms with Crippen LogP contribution in [0, 0.1) is 5.92 Å². The van der Waals surface area contributed by atoms with Gasteiger partial charge in [-0.05, 0) is 37.0 Å². The molecule has 0 N–H and O–H groups in total. The van der Waals surface area contributed by atoms with E-state index in [1.54, 1.807) is 12.0 Å². The monoisotopic (exact) mass is 344 g/mol. The SMILES string of the molecule is COc1ccc([C@@H]2[C@@H](C(=O)N3CCCCCC3)CCC(=O)N2C)cc1. The smallest absolute Gasteiger partial charge is 0.228 e. The normalized spacial score (nSPS) is 24.8. The van der Waals surface area contributed by atoms with E-state index >= 15 is 0 Å². The zero-order valence-corrected chi connectivity index (χ0v) is 15.2. The number of piperidine rings is 1. The Kier molecular flexibility index (Phi) is 5.61. The minimum atomic E-state index is -0.192. The topological polar surface area (TPSA) is 49.9 Å². The highest BCUT2D eigenvalue weighted by atomic mass is 16.5. The van der Waals surface area contributed by atoms with E-state index in [2.05, 4.69) is 0 Å². The molecule has 5 heteroatoms. The molecule has 2 saturated heterocycles. The average molecular weight is 344 g/mol. The van der Waals surface area contributed by atoms with Crippen LogP contribution in [0.25, 0.3) is 0 Å². The number of amides is 2. The minimum absolute atomic E-state index is 0.112. The molecule has 2 aliphatic heterocycles. The molecule has 2 heterocycles. The third kappa shape index (κ3) is 3.80. The van der Waals surface area contributed by atoms with Crippen LogP contribution in [0.3, 0.4) is 0 Å². The minimum Gasteiger partial charge on any atom is -0.497 e. The van der Waals surface area contributed by atoms with Gasteiger partial charge < -0.3 is 14.5 Å². The number of methoxy groups -OCH3 is 1. The van der Waals surface area contributed by atoms with Crippen LogP contribution in [0.2, 0.25) is 0 Å². The second-order valence-electron chi connectivity index (χ2n) is 7.11. The molecule has 136 valence electrons. The number of hydrogen-bond acceptors (Lipinski definition) is 3. The fraction of sp³-hybridized carbons (Fsp3) is 0.600. The Hall–Kier alpha value is -2.04. The molecule has 0 aromatic heterocycles. The van der Waals surface area contributed by atoms with Crippen LogP contribution in [0.1, 0.15) is 50.1 Å². The molecule has 0 radical (unpaired) electrons. The summed E-state index contributed by atoms with van der Waals surface area (Å²) in [6, 6.07) is 7.55. The summed E-state index contributed by atoms with van der Waals surface area (Å²) in [6.07, 6.45) is 5.66. The third-order valence-corrected chi connectivity index (χ3v) is 5.55. The lowest BCUT2D eigenvalue weighted by Gasteiger charge is -2.40. The number of nitrogens with zero attached hydrogens (tertiary/aromatic N) is 2. The van der Waals surface area contributed by atoms with Crippen molar-refractivity contribution in [3.05, 3.63) is 29.8 Å². The molecule has 0 spiro atoms. The first-order chi connectivity index (χ1) is 12.1. The van der Waals surface area contributed by atoms with Crippen molar-refractivity contribution >= 4 is 11.8 Å². The maximum Gasteiger partial charge on any atom is 0.228 e. The number of rotatable bonds is 3. The molecule has 5 nitrogen and oxygen atoms in total. The summed E-state index contributed by atoms with van der Waals surface area (Å²) in [5.41, 5.74) is 1.00. The van der Waals surface area contributed by atoms with E-state index in [1.165, 1.54) is 12.8 Å². The van der Waals surface area contributed by atoms with Gasteiger partial charge in [0, 0.05) is 26.6 Å². The second-order valence-corrected chi connectivity index (χ2v) is 7.11. The van der Waals surface area contributed by atoms with Gasteiger partial charge >= 0.3 is 0 Å². The number of carbonyl (C=O) groups excluding carboxylic acids is 2. The molecule has 2 aliphatic rings. The Morgan fingerprint density at radius 2 is 1.72 bits per heavy atom. The molecule has 0 bridgehead atoms. The number of likely N-dealkylation sites (tertiary alicyclic amines) is 2. The maximum atomic E-state index is 13.2. The lowest BCUT2D eigenvalue weighted by Crippen LogP contribution is -2.47. The van der Waals surface area contributed by atoms with E-state index in [9.17, 15) is 9.59 Å². The highest BCUT2D eigenvalue weighted by Gasteiger charge is 2.40. The van der Waals surface area contributed by atoms with Gasteiger partial charge in [-0.3, -0.25) is 9.59 Å². The predicted octanol–water partition coefficient (Wildman–Crippen LogP) is 3.01. The molecule has 0 unspecified atom stereocenters. The van der Waals surface area contributed by atoms with E-state index in [-0.39, 0.29) is 23.8 Å². The predicted molar refractivity (Wildman–Crippen MR) is 96.3 cm³/mol. The van der Waals surface area contributed by atoms with Crippen molar-refractivity contribution < 1.29 is 14.3 Å². The van der Waals surface area contributed by atoms with Crippen LogP contribution in [0.4, 0.5) is 0 Å². The van der Waals surface area contributed by atoms with Crippen LogP contribution < -0.4 is 4.74 Å². The van der Waals surface area contributed by atoms with Crippen LogP contribution in [-0.2, 0) is 9.59 Å². The fourth-order valence-corrected chi connectivity index (χ4v) is 4.08. The first-order valence-electron chi connectivity index (χ1n) is 9.30. The van der Waals surface area contributed by atoms with Crippen LogP contribution >= 0.6 is 0 Å². The van der Waals surface area contributed by atoms with Gasteiger partial charge in [0.15, 0.2) is 0 Å². The molecular weight excluding hydrogens is 316 g/mol. The fourth-order valence-electron chi connectivity index (χ4n) is 4.08. The molecule has 2 atom stereocenters. The number of hydrogen-bond donors (Lipinski definition) is 0. The standard InChI is InChI=1S/C20H28N2O3/c1-21-18(23)12-11-17(20(24)22-13-5-3-4-6-14-22)19(21)15-7-9-16(25-2)10-8-15/h7-10,17,19H,3-6,11-14H2,1-2H3/t17-,19+/m0/s1. The molecule has 3 rings (SSSR count). The van der Waals surface area contributed by atoms with E-state index < -0.39 is 0 Å². The summed E-state index contributed by atoms with van der Waals surface area (Å²) in [4.78, 5) is 29.3. The summed E-state index contributed by atoms with van der Waals surface area (Å²) in [5.74, 6) is 0.945. The zero-order chi connectivity index (χ0) is 17.8. The van der Waals surface area contributed by atoms with Crippen LogP contribution in [0.5, 0.6) is 5.75 Å². The number of ether oxygens (including phenoxy) is 1. The van der Waals surface area contributed by atoms with Gasteiger partial charge in [0.1, 0.15) is 5.75 Å². The van der Waals surface area contributed by atoms with Gasteiger partial charge in [-0.1, -0.05) is 25.0 Å². The van der Waals surface area contributed by atoms with Gasteiger partial charge in [0.05, 0.1) is 19.1 Å². The van der Waals surface area contributed by atoms with Crippen molar-refractivity contribution in [3.63, 3.8) is 0 Å². The molecule has 25 heavy (non-hydrogen) atoms. The van der Waals surface area contributed by atoms with E-state index in [4.69, 9.17) is 4.74 Å². The van der Waals surface area contributed by atoms with Gasteiger partial charge in [-0.15, -0.1) is 0 Å². The van der Waals surface area contributed by atoms with E-state index in [0.29, 0.717) is 12.8 Å². The van der Waals surface area contributed by atoms with Gasteiger partial charge in [-0.25, -0.2) is 0 Å². The molecule has 2 fully saturated rings. The lowest BCUT2D eigenvalue weighted by molar-refractivity contribution is -0.146. The number of carbonyl (C=O) groups is 2. The largest absolute Gasteiger partial charge is 0.497 e. The molecular formula is C20H28N2O3. The first-order valence-corrected chi connectivity index (χ1v) is 9.30. The van der Waals surface area contributed by atoms with Crippen LogP contribution in [0.15, 0.2) is 24.3 Å². The molecule has 1 aromatic rings. The van der Waals surface area contributed by atoms with Crippen molar-refractivity contribution in [3.8, 4) is 5.75 Å². The number of benzene rings is 1. The molecule has 2 amide bonds. The summed E-state index contributed by atoms with van der Waals surface area (Å²) < 4.78 is 5.23. The highest BCUT2D eigenvalue weighted by molar-refractivity contribution is 5.85. The van der Waals surface area contributed by atoms with Crippen molar-refractivity contribution in [2.24, 2.45) is 5.92 Å². The Morgan fingerprint density at radius 3 is 2.32 bits per heavy atom. The van der Waals surface area contributed by atoms with Crippen LogP contribution in [-0.4, -0.2) is 48.9 Å². The third-order valence-electron chi connectivity index (χ3n) is 5.55. The summed E-state index contributed by atoms with van der Waals surface area (Å²) in [7, 11) is 3.45. The summed E-state index contributed by atoms with van der Waals surface area (Å²) >= 11 is 0. The Morgan fingerprint density at radius 1 is 1.08 bits per heavy atom. The van der Waals surface area contributed by atoms with Crippen molar-refractivity contribution in [2.75, 3.05) is 27.2 Å².